The van der Waals surface area contributed by atoms with Crippen LogP contribution < -0.4 is 15.4 Å². The van der Waals surface area contributed by atoms with Gasteiger partial charge in [-0.05, 0) is 44.0 Å². The Morgan fingerprint density at radius 2 is 2.29 bits per heavy atom. The summed E-state index contributed by atoms with van der Waals surface area (Å²) in [4.78, 5) is 12.3. The quantitative estimate of drug-likeness (QED) is 0.787. The van der Waals surface area contributed by atoms with Crippen LogP contribution in [-0.2, 0) is 9.53 Å². The van der Waals surface area contributed by atoms with Crippen molar-refractivity contribution in [2.45, 2.75) is 19.8 Å². The maximum absolute atomic E-state index is 12.3. The first-order chi connectivity index (χ1) is 10.2. The maximum atomic E-state index is 12.3. The topological polar surface area (TPSA) is 59.6 Å². The molecule has 1 heterocycles. The average Bonchev–Trinajstić information content (AvgIpc) is 2.51. The minimum Gasteiger partial charge on any atom is -0.489 e. The molecule has 1 fully saturated rings. The molecule has 1 amide bonds. The van der Waals surface area contributed by atoms with E-state index in [-0.39, 0.29) is 11.8 Å². The number of nitrogens with one attached hydrogen (secondary N) is 2. The summed E-state index contributed by atoms with van der Waals surface area (Å²) < 4.78 is 10.7. The lowest BCUT2D eigenvalue weighted by Crippen LogP contribution is -2.37. The molecule has 1 aliphatic rings. The Hall–Kier alpha value is -1.59. The van der Waals surface area contributed by atoms with Crippen molar-refractivity contribution < 1.29 is 14.3 Å². The number of methoxy groups -OCH3 is 1. The number of amides is 1. The lowest BCUT2D eigenvalue weighted by atomic mass is 9.98. The summed E-state index contributed by atoms with van der Waals surface area (Å²) in [6.07, 6.45) is 1.98. The minimum atomic E-state index is 0.0341. The van der Waals surface area contributed by atoms with Gasteiger partial charge in [0.2, 0.25) is 5.91 Å². The lowest BCUT2D eigenvalue weighted by Gasteiger charge is -2.22. The van der Waals surface area contributed by atoms with Gasteiger partial charge in [0.15, 0.2) is 0 Å². The molecule has 2 N–H and O–H groups in total. The predicted octanol–water partition coefficient (Wildman–Crippen LogP) is 1.96. The van der Waals surface area contributed by atoms with Crippen molar-refractivity contribution in [3.05, 3.63) is 23.8 Å². The van der Waals surface area contributed by atoms with Gasteiger partial charge < -0.3 is 20.1 Å². The molecular formula is C16H24N2O3. The van der Waals surface area contributed by atoms with Crippen LogP contribution >= 0.6 is 0 Å². The van der Waals surface area contributed by atoms with Gasteiger partial charge in [0.05, 0.1) is 18.2 Å². The Labute approximate surface area is 126 Å². The maximum Gasteiger partial charge on any atom is 0.228 e. The Bertz CT molecular complexity index is 471. The van der Waals surface area contributed by atoms with Gasteiger partial charge in [-0.1, -0.05) is 6.07 Å². The van der Waals surface area contributed by atoms with Gasteiger partial charge in [0, 0.05) is 13.7 Å². The third-order valence-electron chi connectivity index (χ3n) is 3.61. The summed E-state index contributed by atoms with van der Waals surface area (Å²) in [6, 6.07) is 5.80. The molecule has 1 unspecified atom stereocenters. The molecule has 0 saturated carbocycles. The number of hydrogen-bond donors (Lipinski definition) is 2. The summed E-state index contributed by atoms with van der Waals surface area (Å²) >= 11 is 0. The van der Waals surface area contributed by atoms with Gasteiger partial charge in [0.1, 0.15) is 12.4 Å². The van der Waals surface area contributed by atoms with E-state index >= 15 is 0 Å². The third-order valence-corrected chi connectivity index (χ3v) is 3.61. The van der Waals surface area contributed by atoms with Gasteiger partial charge in [-0.25, -0.2) is 0 Å². The number of piperidine rings is 1. The van der Waals surface area contributed by atoms with E-state index in [0.717, 1.165) is 37.2 Å². The van der Waals surface area contributed by atoms with E-state index in [1.165, 1.54) is 0 Å². The highest BCUT2D eigenvalue weighted by molar-refractivity contribution is 5.94. The second-order valence-electron chi connectivity index (χ2n) is 5.37. The number of rotatable bonds is 6. The van der Waals surface area contributed by atoms with E-state index in [0.29, 0.717) is 19.0 Å². The van der Waals surface area contributed by atoms with Gasteiger partial charge >= 0.3 is 0 Å². The van der Waals surface area contributed by atoms with Crippen LogP contribution in [0, 0.1) is 12.8 Å². The standard InChI is InChI=1S/C16H24N2O3/c1-12-5-6-14(15(10-12)21-9-8-20-2)18-16(19)13-4-3-7-17-11-13/h5-6,10,13,17H,3-4,7-9,11H2,1-2H3,(H,18,19). The number of hydrogen-bond acceptors (Lipinski definition) is 4. The average molecular weight is 292 g/mol. The van der Waals surface area contributed by atoms with E-state index in [4.69, 9.17) is 9.47 Å². The summed E-state index contributed by atoms with van der Waals surface area (Å²) in [6.45, 7) is 4.73. The zero-order chi connectivity index (χ0) is 15.1. The Balaban J connectivity index is 2.01. The van der Waals surface area contributed by atoms with Crippen LogP contribution in [0.1, 0.15) is 18.4 Å². The van der Waals surface area contributed by atoms with Gasteiger partial charge in [-0.2, -0.15) is 0 Å². The van der Waals surface area contributed by atoms with Gasteiger partial charge in [0.25, 0.3) is 0 Å². The molecule has 1 saturated heterocycles. The normalized spacial score (nSPS) is 18.3. The highest BCUT2D eigenvalue weighted by Gasteiger charge is 2.21. The summed E-state index contributed by atoms with van der Waals surface area (Å²) in [7, 11) is 1.64. The van der Waals surface area contributed by atoms with Gasteiger partial charge in [-0.15, -0.1) is 0 Å². The van der Waals surface area contributed by atoms with E-state index in [9.17, 15) is 4.79 Å². The van der Waals surface area contributed by atoms with Crippen molar-refractivity contribution in [3.63, 3.8) is 0 Å². The SMILES string of the molecule is COCCOc1cc(C)ccc1NC(=O)C1CCCNC1. The Morgan fingerprint density at radius 1 is 1.43 bits per heavy atom. The predicted molar refractivity (Wildman–Crippen MR) is 82.8 cm³/mol. The van der Waals surface area contributed by atoms with Crippen molar-refractivity contribution in [2.75, 3.05) is 38.7 Å². The molecule has 116 valence electrons. The number of ether oxygens (including phenoxy) is 2. The second-order valence-corrected chi connectivity index (χ2v) is 5.37. The molecule has 0 aromatic heterocycles. The van der Waals surface area contributed by atoms with Crippen LogP contribution in [-0.4, -0.2) is 39.3 Å². The molecule has 0 radical (unpaired) electrons. The van der Waals surface area contributed by atoms with Crippen molar-refractivity contribution in [1.82, 2.24) is 5.32 Å². The van der Waals surface area contributed by atoms with E-state index < -0.39 is 0 Å². The van der Waals surface area contributed by atoms with Crippen molar-refractivity contribution in [1.29, 1.82) is 0 Å². The van der Waals surface area contributed by atoms with Crippen LogP contribution in [0.4, 0.5) is 5.69 Å². The molecule has 1 atom stereocenters. The Kier molecular flexibility index (Phi) is 6.02. The smallest absolute Gasteiger partial charge is 0.228 e. The number of carbonyl (C=O) groups is 1. The van der Waals surface area contributed by atoms with Crippen LogP contribution in [0.15, 0.2) is 18.2 Å². The van der Waals surface area contributed by atoms with E-state index in [1.807, 2.05) is 25.1 Å². The van der Waals surface area contributed by atoms with Crippen molar-refractivity contribution in [3.8, 4) is 5.75 Å². The molecule has 2 rings (SSSR count). The fraction of sp³-hybridized carbons (Fsp3) is 0.562. The highest BCUT2D eigenvalue weighted by Crippen LogP contribution is 2.26. The summed E-state index contributed by atoms with van der Waals surface area (Å²) in [5, 5.41) is 6.25. The molecule has 0 spiro atoms. The summed E-state index contributed by atoms with van der Waals surface area (Å²) in [5.41, 5.74) is 1.83. The number of benzene rings is 1. The summed E-state index contributed by atoms with van der Waals surface area (Å²) in [5.74, 6) is 0.790. The van der Waals surface area contributed by atoms with Crippen LogP contribution in [0.25, 0.3) is 0 Å². The first-order valence-electron chi connectivity index (χ1n) is 7.44. The van der Waals surface area contributed by atoms with Crippen LogP contribution in [0.5, 0.6) is 5.75 Å². The Morgan fingerprint density at radius 3 is 3.00 bits per heavy atom. The molecule has 1 aromatic carbocycles. The van der Waals surface area contributed by atoms with E-state index in [1.54, 1.807) is 7.11 Å². The van der Waals surface area contributed by atoms with Crippen LogP contribution in [0.2, 0.25) is 0 Å². The number of carbonyl (C=O) groups excluding carboxylic acids is 1. The second kappa shape index (κ2) is 8.00. The first kappa shape index (κ1) is 15.8. The number of anilines is 1. The number of aryl methyl sites for hydroxylation is 1. The van der Waals surface area contributed by atoms with Crippen LogP contribution in [0.3, 0.4) is 0 Å². The third kappa shape index (κ3) is 4.72. The molecule has 1 aromatic rings. The molecule has 0 aliphatic carbocycles. The molecular weight excluding hydrogens is 268 g/mol. The molecule has 0 bridgehead atoms. The lowest BCUT2D eigenvalue weighted by molar-refractivity contribution is -0.120. The molecule has 5 heteroatoms. The largest absolute Gasteiger partial charge is 0.489 e. The zero-order valence-corrected chi connectivity index (χ0v) is 12.8. The van der Waals surface area contributed by atoms with Crippen molar-refractivity contribution >= 4 is 11.6 Å². The monoisotopic (exact) mass is 292 g/mol. The van der Waals surface area contributed by atoms with E-state index in [2.05, 4.69) is 10.6 Å². The first-order valence-corrected chi connectivity index (χ1v) is 7.44. The minimum absolute atomic E-state index is 0.0341. The molecule has 21 heavy (non-hydrogen) atoms. The van der Waals surface area contributed by atoms with Crippen molar-refractivity contribution in [2.24, 2.45) is 5.92 Å². The van der Waals surface area contributed by atoms with Gasteiger partial charge in [-0.3, -0.25) is 4.79 Å². The zero-order valence-electron chi connectivity index (χ0n) is 12.8. The molecule has 5 nitrogen and oxygen atoms in total. The fourth-order valence-electron chi connectivity index (χ4n) is 2.40. The fourth-order valence-corrected chi connectivity index (χ4v) is 2.40. The molecule has 1 aliphatic heterocycles. The highest BCUT2D eigenvalue weighted by atomic mass is 16.5.